The summed E-state index contributed by atoms with van der Waals surface area (Å²) in [7, 11) is 0. The topological polar surface area (TPSA) is 0 Å². The second-order valence-electron chi connectivity index (χ2n) is 3.78. The van der Waals surface area contributed by atoms with Crippen LogP contribution >= 0.6 is 0 Å². The molecule has 3 heteroatoms. The molecular formula is C13H13Hg3. The average Bonchev–Trinajstić information content (AvgIpc) is 2.20. The third-order valence-corrected chi connectivity index (χ3v) is 7.31. The van der Waals surface area contributed by atoms with Gasteiger partial charge >= 0.3 is 150 Å². The van der Waals surface area contributed by atoms with Crippen LogP contribution in [0, 0.1) is 0 Å². The van der Waals surface area contributed by atoms with Crippen molar-refractivity contribution in [3.05, 3.63) is 73.4 Å². The van der Waals surface area contributed by atoms with Gasteiger partial charge in [0.2, 0.25) is 0 Å². The fourth-order valence-corrected chi connectivity index (χ4v) is 2.15. The molecule has 0 heterocycles. The van der Waals surface area contributed by atoms with Crippen LogP contribution in [-0.4, -0.2) is 0 Å². The maximum atomic E-state index is 4.17. The van der Waals surface area contributed by atoms with Gasteiger partial charge in [-0.15, -0.1) is 0 Å². The minimum atomic E-state index is 0.676. The van der Waals surface area contributed by atoms with E-state index < -0.39 is 0 Å². The fourth-order valence-electron chi connectivity index (χ4n) is 0.776. The van der Waals surface area contributed by atoms with Crippen LogP contribution < -0.4 is 0 Å². The molecule has 0 aromatic rings. The van der Waals surface area contributed by atoms with Crippen molar-refractivity contribution in [2.24, 2.45) is 0 Å². The summed E-state index contributed by atoms with van der Waals surface area (Å²) in [6, 6.07) is 0. The van der Waals surface area contributed by atoms with Crippen molar-refractivity contribution in [2.75, 3.05) is 0 Å². The van der Waals surface area contributed by atoms with Gasteiger partial charge in [0, 0.05) is 0 Å². The Morgan fingerprint density at radius 2 is 1.38 bits per heavy atom. The van der Waals surface area contributed by atoms with Crippen LogP contribution in [0.4, 0.5) is 0 Å². The van der Waals surface area contributed by atoms with E-state index in [0.717, 1.165) is 89.5 Å². The molecule has 0 aliphatic carbocycles. The summed E-state index contributed by atoms with van der Waals surface area (Å²) >= 11 is 2.54. The molecule has 0 aliphatic heterocycles. The molecule has 0 rings (SSSR count). The monoisotopic (exact) mass is 775 g/mol. The number of allylic oxidation sites excluding steroid dienone is 8. The molecular weight excluding hydrogens is 758 g/mol. The van der Waals surface area contributed by atoms with Gasteiger partial charge in [0.25, 0.3) is 0 Å². The van der Waals surface area contributed by atoms with Crippen LogP contribution in [0.1, 0.15) is 0 Å². The van der Waals surface area contributed by atoms with E-state index in [0.29, 0.717) is -2.06 Å². The number of hydrogen-bond donors (Lipinski definition) is 0. The Kier molecular flexibility index (Phi) is 9.02. The molecule has 0 saturated carbocycles. The average molecular weight is 771 g/mol. The summed E-state index contributed by atoms with van der Waals surface area (Å²) in [4.78, 5) is 0. The predicted octanol–water partition coefficient (Wildman–Crippen LogP) is 3.67. The predicted molar refractivity (Wildman–Crippen MR) is 58.6 cm³/mol. The molecule has 0 nitrogen and oxygen atoms in total. The minimum absolute atomic E-state index is 0.676. The number of rotatable bonds is 6. The van der Waals surface area contributed by atoms with Gasteiger partial charge in [0.1, 0.15) is 0 Å². The van der Waals surface area contributed by atoms with Gasteiger partial charge < -0.3 is 0 Å². The second-order valence-corrected chi connectivity index (χ2v) is 64.9. The van der Waals surface area contributed by atoms with Crippen molar-refractivity contribution in [3.8, 4) is 0 Å². The zero-order chi connectivity index (χ0) is 12.8. The fraction of sp³-hybridized carbons (Fsp3) is 0.0769. The molecule has 71 valence electrons. The van der Waals surface area contributed by atoms with Crippen molar-refractivity contribution in [3.63, 3.8) is 0 Å². The first-order valence-electron chi connectivity index (χ1n) is 4.90. The molecule has 16 heavy (non-hydrogen) atoms. The van der Waals surface area contributed by atoms with Crippen molar-refractivity contribution in [1.29, 1.82) is 0 Å². The quantitative estimate of drug-likeness (QED) is 0.286. The summed E-state index contributed by atoms with van der Waals surface area (Å²) in [5.41, 5.74) is 3.23. The van der Waals surface area contributed by atoms with E-state index in [1.807, 2.05) is 18.2 Å². The Hall–Kier alpha value is 1.25. The summed E-state index contributed by atoms with van der Waals surface area (Å²) in [5.74, 6) is 0. The Morgan fingerprint density at radius 3 is 1.81 bits per heavy atom. The maximum absolute atomic E-state index is 4.17. The van der Waals surface area contributed by atoms with E-state index >= 15 is 0 Å². The van der Waals surface area contributed by atoms with Gasteiger partial charge in [-0.05, 0) is 0 Å². The molecule has 0 radical (unpaired) electrons. The standard InChI is InChI=1S/C13H13.3Hg/c1-6-7-8-12(4)13(5)10-9-11(2)3;;;/h6-10H,1-2,4-5H2;;;/b8-7-,10-9-;;;. The summed E-state index contributed by atoms with van der Waals surface area (Å²) in [5, 5.41) is 0. The van der Waals surface area contributed by atoms with Gasteiger partial charge in [-0.1, -0.05) is 0 Å². The third kappa shape index (κ3) is 7.55. The molecule has 0 fully saturated rings. The third-order valence-electron chi connectivity index (χ3n) is 2.01. The molecule has 0 bridgehead atoms. The zero-order valence-corrected chi connectivity index (χ0v) is 26.3. The Morgan fingerprint density at radius 1 is 0.875 bits per heavy atom. The van der Waals surface area contributed by atoms with Crippen molar-refractivity contribution in [1.82, 2.24) is 0 Å². The molecule has 0 saturated heterocycles. The van der Waals surface area contributed by atoms with Crippen LogP contribution in [-0.2, 0) is 78.4 Å². The Labute approximate surface area is 147 Å². The summed E-state index contributed by atoms with van der Waals surface area (Å²) < 4.78 is 0.676. The zero-order valence-electron chi connectivity index (χ0n) is 9.84. The molecule has 0 atom stereocenters. The summed E-state index contributed by atoms with van der Waals surface area (Å²) in [6.07, 6.45) is 9.72. The molecule has 0 aromatic carbocycles. The molecule has 0 aromatic heterocycles. The van der Waals surface area contributed by atoms with E-state index in [1.165, 1.54) is 5.57 Å². The first-order chi connectivity index (χ1) is 7.29. The Bertz CT molecular complexity index is 365. The van der Waals surface area contributed by atoms with Crippen molar-refractivity contribution in [2.45, 2.75) is -2.06 Å². The first-order valence-corrected chi connectivity index (χ1v) is 13.1. The molecule has 0 N–H and O–H groups in total. The van der Waals surface area contributed by atoms with Crippen LogP contribution in [0.5, 0.6) is 0 Å². The van der Waals surface area contributed by atoms with Crippen molar-refractivity contribution < 1.29 is 78.4 Å². The molecule has 0 spiro atoms. The van der Waals surface area contributed by atoms with E-state index in [2.05, 4.69) is 32.4 Å². The van der Waals surface area contributed by atoms with E-state index in [4.69, 9.17) is 0 Å². The van der Waals surface area contributed by atoms with Crippen LogP contribution in [0.25, 0.3) is 0 Å². The van der Waals surface area contributed by atoms with Gasteiger partial charge in [0.05, 0.1) is 0 Å². The first kappa shape index (κ1) is 17.2. The van der Waals surface area contributed by atoms with Crippen LogP contribution in [0.15, 0.2) is 73.4 Å². The molecule has 0 aliphatic rings. The van der Waals surface area contributed by atoms with E-state index in [-0.39, 0.29) is 0 Å². The van der Waals surface area contributed by atoms with E-state index in [1.54, 1.807) is 6.08 Å². The van der Waals surface area contributed by atoms with Gasteiger partial charge in [-0.25, -0.2) is 0 Å². The normalized spacial score (nSPS) is 12.1. The summed E-state index contributed by atoms with van der Waals surface area (Å²) in [6.45, 7) is 15.8. The molecule has 0 amide bonds. The van der Waals surface area contributed by atoms with E-state index in [9.17, 15) is 0 Å². The number of hydrogen-bond acceptors (Lipinski definition) is 0. The van der Waals surface area contributed by atoms with Crippen molar-refractivity contribution >= 4 is 0 Å². The Balaban J connectivity index is 4.52. The van der Waals surface area contributed by atoms with Crippen LogP contribution in [0.3, 0.4) is 0 Å². The second kappa shape index (κ2) is 8.37. The SMILES string of the molecule is C=C/C=C\C(=C)C(=C)/C=C\C(=C)[C]([Hg])([Hg])[Hg]. The van der Waals surface area contributed by atoms with Gasteiger partial charge in [0.15, 0.2) is 0 Å². The van der Waals surface area contributed by atoms with Gasteiger partial charge in [-0.3, -0.25) is 0 Å². The van der Waals surface area contributed by atoms with Crippen LogP contribution in [0.2, 0.25) is -2.06 Å². The molecule has 0 unspecified atom stereocenters. The van der Waals surface area contributed by atoms with Gasteiger partial charge in [-0.2, -0.15) is 0 Å².